The van der Waals surface area contributed by atoms with E-state index in [0.29, 0.717) is 5.95 Å². The quantitative estimate of drug-likeness (QED) is 0.794. The summed E-state index contributed by atoms with van der Waals surface area (Å²) in [6, 6.07) is 0. The average molecular weight is 315 g/mol. The molecule has 18 heavy (non-hydrogen) atoms. The van der Waals surface area contributed by atoms with E-state index in [9.17, 15) is 0 Å². The minimum atomic E-state index is 0.715. The van der Waals surface area contributed by atoms with Gasteiger partial charge in [0.15, 0.2) is 0 Å². The van der Waals surface area contributed by atoms with Crippen LogP contribution in [0.2, 0.25) is 0 Å². The van der Waals surface area contributed by atoms with Gasteiger partial charge in [-0.15, -0.1) is 0 Å². The molecule has 0 radical (unpaired) electrons. The molecule has 0 aromatic carbocycles. The Kier molecular flexibility index (Phi) is 7.01. The fourth-order valence-electron chi connectivity index (χ4n) is 1.77. The van der Waals surface area contributed by atoms with Gasteiger partial charge in [-0.25, -0.2) is 4.98 Å². The summed E-state index contributed by atoms with van der Waals surface area (Å²) in [4.78, 5) is 11.2. The van der Waals surface area contributed by atoms with Crippen molar-refractivity contribution in [3.63, 3.8) is 0 Å². The van der Waals surface area contributed by atoms with Crippen LogP contribution < -0.4 is 10.2 Å². The van der Waals surface area contributed by atoms with E-state index in [4.69, 9.17) is 0 Å². The van der Waals surface area contributed by atoms with Crippen molar-refractivity contribution in [2.75, 3.05) is 29.9 Å². The summed E-state index contributed by atoms with van der Waals surface area (Å²) in [6.07, 6.45) is 5.14. The Balaban J connectivity index is 2.88. The van der Waals surface area contributed by atoms with Crippen LogP contribution in [-0.4, -0.2) is 29.6 Å². The largest absolute Gasteiger partial charge is 0.356 e. The van der Waals surface area contributed by atoms with Crippen molar-refractivity contribution >= 4 is 27.7 Å². The van der Waals surface area contributed by atoms with Crippen LogP contribution in [0.25, 0.3) is 0 Å². The van der Waals surface area contributed by atoms with E-state index < -0.39 is 0 Å². The molecule has 1 rings (SSSR count). The van der Waals surface area contributed by atoms with Gasteiger partial charge in [-0.1, -0.05) is 20.8 Å². The Labute approximate surface area is 118 Å². The molecule has 0 bridgehead atoms. The molecule has 1 aromatic heterocycles. The average Bonchev–Trinajstić information content (AvgIpc) is 2.37. The highest BCUT2D eigenvalue weighted by molar-refractivity contribution is 9.10. The minimum absolute atomic E-state index is 0.715. The lowest BCUT2D eigenvalue weighted by atomic mass is 10.3. The van der Waals surface area contributed by atoms with Crippen molar-refractivity contribution in [2.45, 2.75) is 40.0 Å². The van der Waals surface area contributed by atoms with E-state index in [-0.39, 0.29) is 0 Å². The summed E-state index contributed by atoms with van der Waals surface area (Å²) < 4.78 is 0.964. The van der Waals surface area contributed by atoms with Crippen LogP contribution in [0.4, 0.5) is 11.8 Å². The van der Waals surface area contributed by atoms with Gasteiger partial charge in [0.2, 0.25) is 5.95 Å². The molecule has 0 aliphatic carbocycles. The van der Waals surface area contributed by atoms with Crippen molar-refractivity contribution in [2.24, 2.45) is 0 Å². The zero-order valence-electron chi connectivity index (χ0n) is 11.5. The van der Waals surface area contributed by atoms with Gasteiger partial charge in [-0.3, -0.25) is 0 Å². The fraction of sp³-hybridized carbons (Fsp3) is 0.692. The predicted molar refractivity (Wildman–Crippen MR) is 81.3 cm³/mol. The molecule has 4 nitrogen and oxygen atoms in total. The lowest BCUT2D eigenvalue weighted by molar-refractivity contribution is 0.730. The monoisotopic (exact) mass is 314 g/mol. The summed E-state index contributed by atoms with van der Waals surface area (Å²) >= 11 is 3.54. The molecule has 0 spiro atoms. The van der Waals surface area contributed by atoms with Crippen LogP contribution in [0.1, 0.15) is 40.0 Å². The lowest BCUT2D eigenvalue weighted by Crippen LogP contribution is -2.26. The Morgan fingerprint density at radius 2 is 1.83 bits per heavy atom. The Hall–Kier alpha value is -0.840. The second-order valence-electron chi connectivity index (χ2n) is 4.28. The molecule has 1 heterocycles. The summed E-state index contributed by atoms with van der Waals surface area (Å²) in [7, 11) is 0. The first-order valence-electron chi connectivity index (χ1n) is 6.74. The first-order valence-corrected chi connectivity index (χ1v) is 7.53. The fourth-order valence-corrected chi connectivity index (χ4v) is 2.21. The summed E-state index contributed by atoms with van der Waals surface area (Å²) in [5.74, 6) is 1.71. The van der Waals surface area contributed by atoms with Crippen LogP contribution in [0.5, 0.6) is 0 Å². The van der Waals surface area contributed by atoms with Gasteiger partial charge < -0.3 is 10.2 Å². The number of hydrogen-bond acceptors (Lipinski definition) is 4. The second kappa shape index (κ2) is 8.29. The highest BCUT2D eigenvalue weighted by Gasteiger charge is 2.12. The molecule has 0 fully saturated rings. The zero-order chi connectivity index (χ0) is 13.4. The molecule has 5 heteroatoms. The number of nitrogens with zero attached hydrogens (tertiary/aromatic N) is 3. The van der Waals surface area contributed by atoms with E-state index in [1.54, 1.807) is 0 Å². The molecular formula is C13H23BrN4. The van der Waals surface area contributed by atoms with Gasteiger partial charge >= 0.3 is 0 Å². The molecule has 0 saturated heterocycles. The Morgan fingerprint density at radius 1 is 1.17 bits per heavy atom. The number of anilines is 2. The van der Waals surface area contributed by atoms with Gasteiger partial charge in [-0.05, 0) is 35.2 Å². The third-order valence-corrected chi connectivity index (χ3v) is 3.10. The third-order valence-electron chi connectivity index (χ3n) is 2.55. The first-order chi connectivity index (χ1) is 8.72. The minimum Gasteiger partial charge on any atom is -0.356 e. The van der Waals surface area contributed by atoms with Crippen molar-refractivity contribution in [3.8, 4) is 0 Å². The summed E-state index contributed by atoms with van der Waals surface area (Å²) in [5.41, 5.74) is 0. The van der Waals surface area contributed by atoms with Crippen molar-refractivity contribution in [3.05, 3.63) is 10.7 Å². The van der Waals surface area contributed by atoms with Crippen molar-refractivity contribution in [1.29, 1.82) is 0 Å². The van der Waals surface area contributed by atoms with Crippen LogP contribution in [0, 0.1) is 0 Å². The summed E-state index contributed by atoms with van der Waals surface area (Å²) in [6.45, 7) is 9.46. The van der Waals surface area contributed by atoms with Crippen LogP contribution in [-0.2, 0) is 0 Å². The normalized spacial score (nSPS) is 10.4. The number of halogens is 1. The van der Waals surface area contributed by atoms with Gasteiger partial charge in [0.25, 0.3) is 0 Å². The van der Waals surface area contributed by atoms with Gasteiger partial charge in [0.05, 0.1) is 4.47 Å². The van der Waals surface area contributed by atoms with E-state index in [1.807, 2.05) is 6.20 Å². The standard InChI is InChI=1S/C13H23BrN4/c1-4-7-15-13-16-10-11(14)12(17-13)18(8-5-2)9-6-3/h10H,4-9H2,1-3H3,(H,15,16,17). The SMILES string of the molecule is CCCNc1ncc(Br)c(N(CCC)CCC)n1. The second-order valence-corrected chi connectivity index (χ2v) is 5.13. The molecule has 0 atom stereocenters. The van der Waals surface area contributed by atoms with E-state index in [0.717, 1.165) is 49.2 Å². The van der Waals surface area contributed by atoms with E-state index in [1.165, 1.54) is 0 Å². The molecule has 102 valence electrons. The molecule has 1 aromatic rings. The smallest absolute Gasteiger partial charge is 0.224 e. The number of nitrogens with one attached hydrogen (secondary N) is 1. The summed E-state index contributed by atoms with van der Waals surface area (Å²) in [5, 5.41) is 3.23. The number of aromatic nitrogens is 2. The molecule has 0 unspecified atom stereocenters. The number of hydrogen-bond donors (Lipinski definition) is 1. The van der Waals surface area contributed by atoms with Crippen molar-refractivity contribution in [1.82, 2.24) is 9.97 Å². The van der Waals surface area contributed by atoms with Gasteiger partial charge in [0, 0.05) is 25.8 Å². The Bertz CT molecular complexity index is 351. The number of rotatable bonds is 8. The molecule has 0 aliphatic rings. The topological polar surface area (TPSA) is 41.1 Å². The molecular weight excluding hydrogens is 292 g/mol. The Morgan fingerprint density at radius 3 is 2.39 bits per heavy atom. The van der Waals surface area contributed by atoms with Crippen LogP contribution in [0.15, 0.2) is 10.7 Å². The highest BCUT2D eigenvalue weighted by Crippen LogP contribution is 2.24. The van der Waals surface area contributed by atoms with E-state index >= 15 is 0 Å². The van der Waals surface area contributed by atoms with E-state index in [2.05, 4.69) is 56.9 Å². The maximum Gasteiger partial charge on any atom is 0.224 e. The van der Waals surface area contributed by atoms with Crippen molar-refractivity contribution < 1.29 is 0 Å². The van der Waals surface area contributed by atoms with Gasteiger partial charge in [-0.2, -0.15) is 4.98 Å². The molecule has 0 saturated carbocycles. The predicted octanol–water partition coefficient (Wildman–Crippen LogP) is 3.69. The molecule has 1 N–H and O–H groups in total. The first kappa shape index (κ1) is 15.2. The third kappa shape index (κ3) is 4.44. The van der Waals surface area contributed by atoms with Crippen LogP contribution >= 0.6 is 15.9 Å². The highest BCUT2D eigenvalue weighted by atomic mass is 79.9. The van der Waals surface area contributed by atoms with Crippen LogP contribution in [0.3, 0.4) is 0 Å². The molecule has 0 aliphatic heterocycles. The molecule has 0 amide bonds. The van der Waals surface area contributed by atoms with Gasteiger partial charge in [0.1, 0.15) is 5.82 Å². The zero-order valence-corrected chi connectivity index (χ0v) is 13.1. The maximum absolute atomic E-state index is 4.60. The lowest BCUT2D eigenvalue weighted by Gasteiger charge is -2.23. The maximum atomic E-state index is 4.60.